The van der Waals surface area contributed by atoms with Gasteiger partial charge in [-0.05, 0) is 57.9 Å². The number of nitrogens with zero attached hydrogens (tertiary/aromatic N) is 1. The van der Waals surface area contributed by atoms with Gasteiger partial charge in [0.25, 0.3) is 0 Å². The Bertz CT molecular complexity index is 401. The molecule has 0 aromatic heterocycles. The SMILES string of the molecule is CN1CCC(CCNCc2cccc(O)c2O)CC1. The van der Waals surface area contributed by atoms with Crippen LogP contribution in [0.25, 0.3) is 0 Å². The summed E-state index contributed by atoms with van der Waals surface area (Å²) in [4.78, 5) is 2.38. The predicted octanol–water partition coefficient (Wildman–Crippen LogP) is 1.92. The Morgan fingerprint density at radius 1 is 1.26 bits per heavy atom. The number of para-hydroxylation sites is 1. The molecule has 0 radical (unpaired) electrons. The summed E-state index contributed by atoms with van der Waals surface area (Å²) in [7, 11) is 2.18. The molecule has 1 fully saturated rings. The maximum atomic E-state index is 9.68. The summed E-state index contributed by atoms with van der Waals surface area (Å²) < 4.78 is 0. The number of piperidine rings is 1. The third kappa shape index (κ3) is 4.11. The standard InChI is InChI=1S/C15H24N2O2/c1-17-9-6-12(7-10-17)5-8-16-11-13-3-2-4-14(18)15(13)19/h2-4,12,16,18-19H,5-11H2,1H3. The average Bonchev–Trinajstić information content (AvgIpc) is 2.41. The van der Waals surface area contributed by atoms with Crippen LogP contribution >= 0.6 is 0 Å². The van der Waals surface area contributed by atoms with E-state index in [1.807, 2.05) is 6.07 Å². The molecule has 0 bridgehead atoms. The number of hydrogen-bond acceptors (Lipinski definition) is 4. The average molecular weight is 264 g/mol. The van der Waals surface area contributed by atoms with E-state index in [4.69, 9.17) is 0 Å². The molecule has 1 saturated heterocycles. The third-order valence-corrected chi connectivity index (χ3v) is 3.98. The first-order chi connectivity index (χ1) is 9.16. The van der Waals surface area contributed by atoms with Crippen molar-refractivity contribution in [3.05, 3.63) is 23.8 Å². The lowest BCUT2D eigenvalue weighted by Gasteiger charge is -2.28. The van der Waals surface area contributed by atoms with E-state index in [-0.39, 0.29) is 11.5 Å². The highest BCUT2D eigenvalue weighted by Gasteiger charge is 2.15. The molecule has 1 aromatic rings. The zero-order chi connectivity index (χ0) is 13.7. The zero-order valence-corrected chi connectivity index (χ0v) is 11.6. The van der Waals surface area contributed by atoms with Crippen LogP contribution in [0.2, 0.25) is 0 Å². The van der Waals surface area contributed by atoms with Crippen LogP contribution in [-0.4, -0.2) is 41.8 Å². The summed E-state index contributed by atoms with van der Waals surface area (Å²) in [5, 5.41) is 22.4. The molecule has 0 saturated carbocycles. The van der Waals surface area contributed by atoms with E-state index in [0.717, 1.165) is 18.0 Å². The van der Waals surface area contributed by atoms with E-state index >= 15 is 0 Å². The lowest BCUT2D eigenvalue weighted by Crippen LogP contribution is -2.31. The largest absolute Gasteiger partial charge is 0.504 e. The van der Waals surface area contributed by atoms with Crippen molar-refractivity contribution in [2.45, 2.75) is 25.8 Å². The fourth-order valence-corrected chi connectivity index (χ4v) is 2.60. The number of nitrogens with one attached hydrogen (secondary N) is 1. The van der Waals surface area contributed by atoms with E-state index in [9.17, 15) is 10.2 Å². The highest BCUT2D eigenvalue weighted by molar-refractivity contribution is 5.44. The molecule has 4 nitrogen and oxygen atoms in total. The fourth-order valence-electron chi connectivity index (χ4n) is 2.60. The summed E-state index contributed by atoms with van der Waals surface area (Å²) in [5.74, 6) is 0.769. The van der Waals surface area contributed by atoms with E-state index in [0.29, 0.717) is 6.54 Å². The lowest BCUT2D eigenvalue weighted by molar-refractivity contribution is 0.211. The number of rotatable bonds is 5. The Morgan fingerprint density at radius 2 is 2.00 bits per heavy atom. The molecular weight excluding hydrogens is 240 g/mol. The molecule has 0 aliphatic carbocycles. The Balaban J connectivity index is 1.68. The predicted molar refractivity (Wildman–Crippen MR) is 76.3 cm³/mol. The van der Waals surface area contributed by atoms with E-state index in [1.165, 1.54) is 38.4 Å². The Labute approximate surface area is 115 Å². The summed E-state index contributed by atoms with van der Waals surface area (Å²) in [6.07, 6.45) is 3.76. The first kappa shape index (κ1) is 14.2. The van der Waals surface area contributed by atoms with Crippen molar-refractivity contribution in [3.8, 4) is 11.5 Å². The third-order valence-electron chi connectivity index (χ3n) is 3.98. The molecule has 106 valence electrons. The highest BCUT2D eigenvalue weighted by Crippen LogP contribution is 2.28. The maximum absolute atomic E-state index is 9.68. The van der Waals surface area contributed by atoms with Crippen molar-refractivity contribution in [1.82, 2.24) is 10.2 Å². The molecule has 1 aliphatic rings. The van der Waals surface area contributed by atoms with Gasteiger partial charge in [0.15, 0.2) is 11.5 Å². The monoisotopic (exact) mass is 264 g/mol. The summed E-state index contributed by atoms with van der Waals surface area (Å²) >= 11 is 0. The van der Waals surface area contributed by atoms with E-state index < -0.39 is 0 Å². The van der Waals surface area contributed by atoms with Gasteiger partial charge in [-0.1, -0.05) is 12.1 Å². The molecule has 1 heterocycles. The van der Waals surface area contributed by atoms with Gasteiger partial charge in [0.05, 0.1) is 0 Å². The Kier molecular flexibility index (Phi) is 5.05. The topological polar surface area (TPSA) is 55.7 Å². The number of aromatic hydroxyl groups is 2. The minimum atomic E-state index is -0.0467. The summed E-state index contributed by atoms with van der Waals surface area (Å²) in [5.41, 5.74) is 0.753. The van der Waals surface area contributed by atoms with Crippen LogP contribution in [0.3, 0.4) is 0 Å². The first-order valence-electron chi connectivity index (χ1n) is 7.06. The Hall–Kier alpha value is -1.26. The zero-order valence-electron chi connectivity index (χ0n) is 11.6. The number of phenols is 2. The van der Waals surface area contributed by atoms with Crippen LogP contribution in [0, 0.1) is 5.92 Å². The lowest BCUT2D eigenvalue weighted by atomic mass is 9.94. The van der Waals surface area contributed by atoms with Gasteiger partial charge in [-0.15, -0.1) is 0 Å². The number of benzene rings is 1. The molecule has 1 aromatic carbocycles. The second-order valence-corrected chi connectivity index (χ2v) is 5.50. The molecule has 19 heavy (non-hydrogen) atoms. The number of likely N-dealkylation sites (tertiary alicyclic amines) is 1. The molecule has 3 N–H and O–H groups in total. The molecule has 0 amide bonds. The van der Waals surface area contributed by atoms with Gasteiger partial charge in [-0.25, -0.2) is 0 Å². The van der Waals surface area contributed by atoms with Crippen molar-refractivity contribution >= 4 is 0 Å². The molecule has 0 unspecified atom stereocenters. The van der Waals surface area contributed by atoms with Crippen molar-refractivity contribution in [3.63, 3.8) is 0 Å². The Morgan fingerprint density at radius 3 is 2.74 bits per heavy atom. The molecule has 0 atom stereocenters. The molecule has 1 aliphatic heterocycles. The van der Waals surface area contributed by atoms with Crippen LogP contribution in [0.1, 0.15) is 24.8 Å². The number of hydrogen-bond donors (Lipinski definition) is 3. The van der Waals surface area contributed by atoms with Gasteiger partial charge in [-0.2, -0.15) is 0 Å². The molecule has 0 spiro atoms. The van der Waals surface area contributed by atoms with Gasteiger partial charge in [0.2, 0.25) is 0 Å². The maximum Gasteiger partial charge on any atom is 0.161 e. The van der Waals surface area contributed by atoms with Gasteiger partial charge in [-0.3, -0.25) is 0 Å². The summed E-state index contributed by atoms with van der Waals surface area (Å²) in [6.45, 7) is 3.98. The summed E-state index contributed by atoms with van der Waals surface area (Å²) in [6, 6.07) is 5.08. The van der Waals surface area contributed by atoms with Crippen LogP contribution < -0.4 is 5.32 Å². The van der Waals surface area contributed by atoms with Crippen LogP contribution in [0.4, 0.5) is 0 Å². The quantitative estimate of drug-likeness (QED) is 0.562. The van der Waals surface area contributed by atoms with Crippen molar-refractivity contribution in [2.75, 3.05) is 26.7 Å². The molecular formula is C15H24N2O2. The van der Waals surface area contributed by atoms with Crippen LogP contribution in [0.15, 0.2) is 18.2 Å². The normalized spacial score (nSPS) is 17.7. The molecule has 4 heteroatoms. The second-order valence-electron chi connectivity index (χ2n) is 5.50. The highest BCUT2D eigenvalue weighted by atomic mass is 16.3. The second kappa shape index (κ2) is 6.78. The van der Waals surface area contributed by atoms with Gasteiger partial charge >= 0.3 is 0 Å². The minimum absolute atomic E-state index is 0.00529. The van der Waals surface area contributed by atoms with Crippen molar-refractivity contribution in [2.24, 2.45) is 5.92 Å². The van der Waals surface area contributed by atoms with Crippen LogP contribution in [-0.2, 0) is 6.54 Å². The van der Waals surface area contributed by atoms with Crippen molar-refractivity contribution in [1.29, 1.82) is 0 Å². The molecule has 2 rings (SSSR count). The van der Waals surface area contributed by atoms with Gasteiger partial charge in [0, 0.05) is 12.1 Å². The van der Waals surface area contributed by atoms with Crippen molar-refractivity contribution < 1.29 is 10.2 Å². The van der Waals surface area contributed by atoms with Gasteiger partial charge in [0.1, 0.15) is 0 Å². The van der Waals surface area contributed by atoms with Gasteiger partial charge < -0.3 is 20.4 Å². The number of phenolic OH excluding ortho intramolecular Hbond substituents is 2. The van der Waals surface area contributed by atoms with E-state index in [2.05, 4.69) is 17.3 Å². The van der Waals surface area contributed by atoms with E-state index in [1.54, 1.807) is 6.07 Å². The first-order valence-corrected chi connectivity index (χ1v) is 7.06. The minimum Gasteiger partial charge on any atom is -0.504 e. The smallest absolute Gasteiger partial charge is 0.161 e. The fraction of sp³-hybridized carbons (Fsp3) is 0.600. The van der Waals surface area contributed by atoms with Crippen LogP contribution in [0.5, 0.6) is 11.5 Å².